The van der Waals surface area contributed by atoms with Crippen molar-refractivity contribution in [3.8, 4) is 0 Å². The summed E-state index contributed by atoms with van der Waals surface area (Å²) in [6, 6.07) is 6.33. The Labute approximate surface area is 187 Å². The molecule has 0 amide bonds. The average molecular weight is 476 g/mol. The van der Waals surface area contributed by atoms with Crippen molar-refractivity contribution in [3.63, 3.8) is 0 Å². The van der Waals surface area contributed by atoms with Crippen LogP contribution in [0.15, 0.2) is 30.5 Å². The van der Waals surface area contributed by atoms with Crippen molar-refractivity contribution in [2.75, 3.05) is 11.9 Å². The molecule has 29 heavy (non-hydrogen) atoms. The third kappa shape index (κ3) is 5.60. The molecule has 1 aromatic carbocycles. The maximum absolute atomic E-state index is 13.9. The highest BCUT2D eigenvalue weighted by atomic mass is 35.5. The smallest absolute Gasteiger partial charge is 0.171 e. The van der Waals surface area contributed by atoms with Gasteiger partial charge in [-0.15, -0.1) is 0 Å². The summed E-state index contributed by atoms with van der Waals surface area (Å²) in [4.78, 5) is 0. The minimum absolute atomic E-state index is 0.222. The first-order chi connectivity index (χ1) is 13.8. The minimum atomic E-state index is -0.367. The molecule has 0 bridgehead atoms. The summed E-state index contributed by atoms with van der Waals surface area (Å²) in [5, 5.41) is 16.4. The molecule has 2 heterocycles. The summed E-state index contributed by atoms with van der Waals surface area (Å²) in [7, 11) is 0. The molecular formula is C18H18Cl3FN6S. The predicted molar refractivity (Wildman–Crippen MR) is 119 cm³/mol. The number of aromatic nitrogens is 4. The van der Waals surface area contributed by atoms with E-state index >= 15 is 0 Å². The highest BCUT2D eigenvalue weighted by molar-refractivity contribution is 7.80. The number of rotatable bonds is 7. The van der Waals surface area contributed by atoms with Crippen LogP contribution in [-0.2, 0) is 13.1 Å². The second-order valence-corrected chi connectivity index (χ2v) is 7.80. The van der Waals surface area contributed by atoms with Gasteiger partial charge in [0.05, 0.1) is 12.2 Å². The van der Waals surface area contributed by atoms with Crippen molar-refractivity contribution in [2.24, 2.45) is 0 Å². The Bertz CT molecular complexity index is 999. The van der Waals surface area contributed by atoms with Crippen LogP contribution in [0.25, 0.3) is 0 Å². The van der Waals surface area contributed by atoms with Crippen LogP contribution in [0.3, 0.4) is 0 Å². The second-order valence-electron chi connectivity index (χ2n) is 6.25. The van der Waals surface area contributed by atoms with E-state index in [4.69, 9.17) is 47.0 Å². The Balaban J connectivity index is 1.46. The van der Waals surface area contributed by atoms with Crippen molar-refractivity contribution >= 4 is 58.0 Å². The van der Waals surface area contributed by atoms with Gasteiger partial charge in [0.25, 0.3) is 0 Å². The molecule has 3 aromatic rings. The number of halogens is 4. The lowest BCUT2D eigenvalue weighted by Gasteiger charge is -2.09. The van der Waals surface area contributed by atoms with E-state index in [-0.39, 0.29) is 12.4 Å². The molecule has 154 valence electrons. The molecule has 2 aromatic heterocycles. The van der Waals surface area contributed by atoms with Gasteiger partial charge in [-0.3, -0.25) is 9.36 Å². The molecule has 0 aliphatic carbocycles. The van der Waals surface area contributed by atoms with E-state index in [0.717, 1.165) is 6.42 Å². The number of nitrogens with zero attached hydrogens (tertiary/aromatic N) is 4. The summed E-state index contributed by atoms with van der Waals surface area (Å²) in [5.74, 6) is 0.181. The quantitative estimate of drug-likeness (QED) is 0.375. The molecule has 0 fully saturated rings. The van der Waals surface area contributed by atoms with Gasteiger partial charge < -0.3 is 10.6 Å². The van der Waals surface area contributed by atoms with Gasteiger partial charge in [0.15, 0.2) is 10.9 Å². The van der Waals surface area contributed by atoms with Crippen LogP contribution in [0, 0.1) is 12.7 Å². The Hall–Kier alpha value is -1.87. The summed E-state index contributed by atoms with van der Waals surface area (Å²) < 4.78 is 17.1. The number of thiocarbonyl (C=S) groups is 1. The highest BCUT2D eigenvalue weighted by Gasteiger charge is 2.11. The fourth-order valence-corrected chi connectivity index (χ4v) is 3.46. The lowest BCUT2D eigenvalue weighted by molar-refractivity contribution is 0.571. The van der Waals surface area contributed by atoms with E-state index < -0.39 is 0 Å². The fraction of sp³-hybridized carbons (Fsp3) is 0.278. The van der Waals surface area contributed by atoms with E-state index in [9.17, 15) is 4.39 Å². The van der Waals surface area contributed by atoms with Crippen LogP contribution in [0.2, 0.25) is 15.2 Å². The summed E-state index contributed by atoms with van der Waals surface area (Å²) >= 11 is 23.5. The summed E-state index contributed by atoms with van der Waals surface area (Å²) in [5.41, 5.74) is 1.09. The van der Waals surface area contributed by atoms with Crippen molar-refractivity contribution in [3.05, 3.63) is 62.7 Å². The topological polar surface area (TPSA) is 59.7 Å². The van der Waals surface area contributed by atoms with Crippen molar-refractivity contribution in [1.29, 1.82) is 0 Å². The largest absolute Gasteiger partial charge is 0.362 e. The standard InChI is InChI=1S/C18H18Cl3FN6S/c1-11-16(20)17(21)28(25-11)8-3-7-23-18(29)24-15-6-9-27(26-15)10-12-13(19)4-2-5-14(12)22/h2,4-6,9H,3,7-8,10H2,1H3,(H2,23,24,26,29). The van der Waals surface area contributed by atoms with Gasteiger partial charge in [0.1, 0.15) is 16.0 Å². The van der Waals surface area contributed by atoms with Gasteiger partial charge in [-0.05, 0) is 37.7 Å². The SMILES string of the molecule is Cc1nn(CCCNC(=S)Nc2ccn(Cc3c(F)cccc3Cl)n2)c(Cl)c1Cl. The van der Waals surface area contributed by atoms with Crippen molar-refractivity contribution in [1.82, 2.24) is 24.9 Å². The van der Waals surface area contributed by atoms with E-state index in [0.29, 0.717) is 50.5 Å². The molecule has 6 nitrogen and oxygen atoms in total. The maximum atomic E-state index is 13.9. The zero-order valence-electron chi connectivity index (χ0n) is 15.4. The molecule has 3 rings (SSSR count). The van der Waals surface area contributed by atoms with Gasteiger partial charge in [-0.2, -0.15) is 10.2 Å². The number of hydrogen-bond acceptors (Lipinski definition) is 3. The number of nitrogens with one attached hydrogen (secondary N) is 2. The fourth-order valence-electron chi connectivity index (χ4n) is 2.63. The Morgan fingerprint density at radius 2 is 2.00 bits per heavy atom. The van der Waals surface area contributed by atoms with Gasteiger partial charge in [-0.1, -0.05) is 40.9 Å². The van der Waals surface area contributed by atoms with Crippen molar-refractivity contribution in [2.45, 2.75) is 26.4 Å². The summed E-state index contributed by atoms with van der Waals surface area (Å²) in [6.45, 7) is 3.26. The lowest BCUT2D eigenvalue weighted by atomic mass is 10.2. The summed E-state index contributed by atoms with van der Waals surface area (Å²) in [6.07, 6.45) is 2.47. The average Bonchev–Trinajstić information content (AvgIpc) is 3.21. The zero-order chi connectivity index (χ0) is 21.0. The molecule has 2 N–H and O–H groups in total. The molecule has 11 heteroatoms. The molecule has 0 saturated heterocycles. The molecule has 0 atom stereocenters. The first kappa shape index (κ1) is 21.8. The molecule has 0 saturated carbocycles. The number of aryl methyl sites for hydroxylation is 2. The van der Waals surface area contributed by atoms with Crippen LogP contribution in [-0.4, -0.2) is 31.2 Å². The maximum Gasteiger partial charge on any atom is 0.171 e. The normalized spacial score (nSPS) is 10.9. The van der Waals surface area contributed by atoms with Gasteiger partial charge in [0, 0.05) is 35.9 Å². The van der Waals surface area contributed by atoms with E-state index in [1.54, 1.807) is 40.7 Å². The molecule has 0 spiro atoms. The van der Waals surface area contributed by atoms with Crippen LogP contribution in [0.1, 0.15) is 17.7 Å². The second kappa shape index (κ2) is 9.75. The van der Waals surface area contributed by atoms with E-state index in [1.807, 2.05) is 0 Å². The van der Waals surface area contributed by atoms with Gasteiger partial charge in [0.2, 0.25) is 0 Å². The molecule has 0 aliphatic rings. The van der Waals surface area contributed by atoms with E-state index in [2.05, 4.69) is 20.8 Å². The van der Waals surface area contributed by atoms with Gasteiger partial charge >= 0.3 is 0 Å². The molecule has 0 aliphatic heterocycles. The molecule has 0 unspecified atom stereocenters. The number of hydrogen-bond donors (Lipinski definition) is 2. The first-order valence-corrected chi connectivity index (χ1v) is 10.3. The van der Waals surface area contributed by atoms with Crippen LogP contribution < -0.4 is 10.6 Å². The van der Waals surface area contributed by atoms with Crippen LogP contribution in [0.5, 0.6) is 0 Å². The number of benzene rings is 1. The minimum Gasteiger partial charge on any atom is -0.362 e. The monoisotopic (exact) mass is 474 g/mol. The lowest BCUT2D eigenvalue weighted by Crippen LogP contribution is -2.30. The third-order valence-corrected chi connectivity index (χ3v) is 5.63. The zero-order valence-corrected chi connectivity index (χ0v) is 18.5. The third-order valence-electron chi connectivity index (χ3n) is 4.09. The highest BCUT2D eigenvalue weighted by Crippen LogP contribution is 2.25. The molecule has 0 radical (unpaired) electrons. The number of anilines is 1. The van der Waals surface area contributed by atoms with Crippen LogP contribution in [0.4, 0.5) is 10.2 Å². The predicted octanol–water partition coefficient (Wildman–Crippen LogP) is 4.91. The van der Waals surface area contributed by atoms with Gasteiger partial charge in [-0.25, -0.2) is 4.39 Å². The Morgan fingerprint density at radius 1 is 1.21 bits per heavy atom. The Morgan fingerprint density at radius 3 is 2.69 bits per heavy atom. The molecular weight excluding hydrogens is 458 g/mol. The van der Waals surface area contributed by atoms with E-state index in [1.165, 1.54) is 6.07 Å². The van der Waals surface area contributed by atoms with Crippen molar-refractivity contribution < 1.29 is 4.39 Å². The first-order valence-electron chi connectivity index (χ1n) is 8.74. The van der Waals surface area contributed by atoms with Crippen LogP contribution >= 0.6 is 47.0 Å². The Kier molecular flexibility index (Phi) is 7.34.